The molecular weight excluding hydrogens is 442 g/mol. The number of benzene rings is 2. The van der Waals surface area contributed by atoms with Crippen molar-refractivity contribution in [2.24, 2.45) is 0 Å². The van der Waals surface area contributed by atoms with Crippen LogP contribution in [-0.4, -0.2) is 31.3 Å². The number of rotatable bonds is 6. The number of hydrogen-bond donors (Lipinski definition) is 1. The van der Waals surface area contributed by atoms with Gasteiger partial charge in [-0.2, -0.15) is 0 Å². The fourth-order valence-electron chi connectivity index (χ4n) is 1.69. The van der Waals surface area contributed by atoms with Crippen molar-refractivity contribution in [3.05, 3.63) is 45.8 Å². The molecule has 0 aliphatic rings. The van der Waals surface area contributed by atoms with E-state index in [1.165, 1.54) is 18.2 Å². The number of phenolic OH excluding ortho intramolecular Hbond substituents is 1. The minimum absolute atomic E-state index is 0.0137. The van der Waals surface area contributed by atoms with E-state index < -0.39 is 15.9 Å². The van der Waals surface area contributed by atoms with Crippen LogP contribution in [0, 0.1) is 9.39 Å². The van der Waals surface area contributed by atoms with Crippen LogP contribution in [0.3, 0.4) is 0 Å². The van der Waals surface area contributed by atoms with Gasteiger partial charge < -0.3 is 19.1 Å². The molecule has 0 aromatic heterocycles. The van der Waals surface area contributed by atoms with Gasteiger partial charge in [-0.15, -0.1) is 0 Å². The van der Waals surface area contributed by atoms with E-state index in [2.05, 4.69) is 0 Å². The lowest BCUT2D eigenvalue weighted by Crippen LogP contribution is -2.10. The Bertz CT molecular complexity index is 768. The zero-order valence-corrected chi connectivity index (χ0v) is 14.5. The molecule has 0 spiro atoms. The molecule has 2 rings (SSSR count). The van der Waals surface area contributed by atoms with Crippen molar-refractivity contribution in [2.75, 3.05) is 13.2 Å². The van der Waals surface area contributed by atoms with Crippen LogP contribution in [0.25, 0.3) is 0 Å². The molecule has 2 aromatic carbocycles. The molecule has 0 bridgehead atoms. The van der Waals surface area contributed by atoms with Gasteiger partial charge in [-0.25, -0.2) is 12.8 Å². The molecule has 1 N–H and O–H groups in total. The van der Waals surface area contributed by atoms with Gasteiger partial charge in [0.2, 0.25) is 0 Å². The lowest BCUT2D eigenvalue weighted by molar-refractivity contribution is 0.210. The molecule has 6 nitrogen and oxygen atoms in total. The second-order valence-electron chi connectivity index (χ2n) is 4.36. The maximum Gasteiger partial charge on any atom is 0.169 e. The van der Waals surface area contributed by atoms with Crippen LogP contribution < -0.4 is 9.47 Å². The van der Waals surface area contributed by atoms with Crippen LogP contribution >= 0.6 is 22.6 Å². The Morgan fingerprint density at radius 1 is 1.13 bits per heavy atom. The van der Waals surface area contributed by atoms with Crippen molar-refractivity contribution in [3.63, 3.8) is 0 Å². The summed E-state index contributed by atoms with van der Waals surface area (Å²) in [5.41, 5.74) is 0. The highest BCUT2D eigenvalue weighted by atomic mass is 127. The molecule has 124 valence electrons. The third-order valence-corrected chi connectivity index (χ3v) is 4.34. The molecule has 0 unspecified atom stereocenters. The fraction of sp³-hybridized carbons (Fsp3) is 0.143. The average Bonchev–Trinajstić information content (AvgIpc) is 2.45. The topological polar surface area (TPSA) is 95.9 Å². The van der Waals surface area contributed by atoms with Gasteiger partial charge in [0, 0.05) is 6.07 Å². The maximum absolute atomic E-state index is 13.6. The van der Waals surface area contributed by atoms with Gasteiger partial charge in [0.15, 0.2) is 11.6 Å². The number of aromatic hydroxyl groups is 1. The van der Waals surface area contributed by atoms with E-state index in [1.54, 1.807) is 0 Å². The number of hydrogen-bond acceptors (Lipinski definition) is 6. The maximum atomic E-state index is 13.6. The van der Waals surface area contributed by atoms with Crippen LogP contribution in [0.4, 0.5) is 4.39 Å². The largest absolute Gasteiger partial charge is 0.744 e. The Hall–Kier alpha value is -1.59. The second kappa shape index (κ2) is 7.32. The summed E-state index contributed by atoms with van der Waals surface area (Å²) in [4.78, 5) is -0.346. The van der Waals surface area contributed by atoms with E-state index in [1.807, 2.05) is 22.6 Å². The van der Waals surface area contributed by atoms with E-state index >= 15 is 0 Å². The highest BCUT2D eigenvalue weighted by Crippen LogP contribution is 2.28. The van der Waals surface area contributed by atoms with Crippen LogP contribution in [0.1, 0.15) is 0 Å². The van der Waals surface area contributed by atoms with Gasteiger partial charge in [-0.1, -0.05) is 0 Å². The van der Waals surface area contributed by atoms with Crippen molar-refractivity contribution in [2.45, 2.75) is 4.90 Å². The average molecular weight is 453 g/mol. The summed E-state index contributed by atoms with van der Waals surface area (Å²) in [6, 6.07) is 7.27. The van der Waals surface area contributed by atoms with Crippen molar-refractivity contribution < 1.29 is 31.9 Å². The molecule has 2 aromatic rings. The van der Waals surface area contributed by atoms with E-state index in [0.29, 0.717) is 9.32 Å². The molecule has 0 aliphatic carbocycles. The Morgan fingerprint density at radius 2 is 1.74 bits per heavy atom. The molecule has 23 heavy (non-hydrogen) atoms. The van der Waals surface area contributed by atoms with Crippen LogP contribution in [0.5, 0.6) is 17.2 Å². The van der Waals surface area contributed by atoms with Crippen LogP contribution in [0.15, 0.2) is 41.3 Å². The SMILES string of the molecule is O=S(=O)([O-])c1ccc(OCCOc2c(F)cc(O)cc2I)cc1. The predicted octanol–water partition coefficient (Wildman–Crippen LogP) is 2.50. The predicted molar refractivity (Wildman–Crippen MR) is 86.2 cm³/mol. The van der Waals surface area contributed by atoms with Gasteiger partial charge in [0.1, 0.15) is 34.8 Å². The summed E-state index contributed by atoms with van der Waals surface area (Å²) in [5.74, 6) is -0.509. The summed E-state index contributed by atoms with van der Waals surface area (Å²) in [5, 5.41) is 9.23. The molecule has 0 fully saturated rings. The molecule has 0 saturated heterocycles. The standard InChI is InChI=1S/C14H12FIO6S/c15-12-7-9(17)8-13(16)14(12)22-6-5-21-10-1-3-11(4-2-10)23(18,19)20/h1-4,7-8,17H,5-6H2,(H,18,19,20)/p-1. The first-order valence-corrected chi connectivity index (χ1v) is 8.75. The Morgan fingerprint density at radius 3 is 2.30 bits per heavy atom. The molecule has 0 aliphatic heterocycles. The summed E-state index contributed by atoms with van der Waals surface area (Å²) in [6.45, 7) is 0.124. The van der Waals surface area contributed by atoms with Crippen molar-refractivity contribution in [1.29, 1.82) is 0 Å². The lowest BCUT2D eigenvalue weighted by Gasteiger charge is -2.11. The first-order chi connectivity index (χ1) is 10.8. The third kappa shape index (κ3) is 4.94. The molecule has 0 amide bonds. The molecule has 0 atom stereocenters. The summed E-state index contributed by atoms with van der Waals surface area (Å²) in [6.07, 6.45) is 0. The van der Waals surface area contributed by atoms with Crippen LogP contribution in [-0.2, 0) is 10.1 Å². The van der Waals surface area contributed by atoms with Gasteiger partial charge >= 0.3 is 0 Å². The zero-order valence-electron chi connectivity index (χ0n) is 11.5. The fourth-order valence-corrected chi connectivity index (χ4v) is 2.89. The normalized spacial score (nSPS) is 11.3. The van der Waals surface area contributed by atoms with Crippen molar-refractivity contribution in [1.82, 2.24) is 0 Å². The Balaban J connectivity index is 1.89. The monoisotopic (exact) mass is 453 g/mol. The van der Waals surface area contributed by atoms with Crippen LogP contribution in [0.2, 0.25) is 0 Å². The smallest absolute Gasteiger partial charge is 0.169 e. The lowest BCUT2D eigenvalue weighted by atomic mass is 10.3. The first-order valence-electron chi connectivity index (χ1n) is 6.27. The molecule has 9 heteroatoms. The molecule has 0 heterocycles. The van der Waals surface area contributed by atoms with Gasteiger partial charge in [-0.3, -0.25) is 0 Å². The summed E-state index contributed by atoms with van der Waals surface area (Å²) in [7, 11) is -4.49. The highest BCUT2D eigenvalue weighted by molar-refractivity contribution is 14.1. The molecule has 0 saturated carbocycles. The van der Waals surface area contributed by atoms with E-state index in [-0.39, 0.29) is 29.6 Å². The van der Waals surface area contributed by atoms with E-state index in [9.17, 15) is 22.5 Å². The van der Waals surface area contributed by atoms with Crippen molar-refractivity contribution in [3.8, 4) is 17.2 Å². The first kappa shape index (κ1) is 17.8. The van der Waals surface area contributed by atoms with Gasteiger partial charge in [0.05, 0.1) is 8.47 Å². The highest BCUT2D eigenvalue weighted by Gasteiger charge is 2.10. The molecular formula is C14H11FIO6S-. The minimum Gasteiger partial charge on any atom is -0.744 e. The second-order valence-corrected chi connectivity index (χ2v) is 6.90. The van der Waals surface area contributed by atoms with Gasteiger partial charge in [-0.05, 0) is 52.9 Å². The number of halogens is 2. The quantitative estimate of drug-likeness (QED) is 0.411. The number of phenols is 1. The van der Waals surface area contributed by atoms with E-state index in [4.69, 9.17) is 9.47 Å². The van der Waals surface area contributed by atoms with Gasteiger partial charge in [0.25, 0.3) is 0 Å². The molecule has 0 radical (unpaired) electrons. The van der Waals surface area contributed by atoms with E-state index in [0.717, 1.165) is 18.2 Å². The summed E-state index contributed by atoms with van der Waals surface area (Å²) < 4.78 is 56.9. The summed E-state index contributed by atoms with van der Waals surface area (Å²) >= 11 is 1.83. The third-order valence-electron chi connectivity index (χ3n) is 2.69. The zero-order chi connectivity index (χ0) is 17.0. The Labute approximate surface area is 145 Å². The minimum atomic E-state index is -4.49. The Kier molecular flexibility index (Phi) is 5.65. The number of ether oxygens (including phenoxy) is 2. The van der Waals surface area contributed by atoms with Crippen molar-refractivity contribution >= 4 is 32.7 Å².